The van der Waals surface area contributed by atoms with Crippen molar-refractivity contribution in [3.63, 3.8) is 0 Å². The van der Waals surface area contributed by atoms with Gasteiger partial charge in [-0.05, 0) is 15.9 Å². The number of halogens is 4. The van der Waals surface area contributed by atoms with E-state index in [-0.39, 0.29) is 16.9 Å². The Morgan fingerprint density at radius 3 is 2.19 bits per heavy atom. The Balaban J connectivity index is 2.40. The van der Waals surface area contributed by atoms with Crippen LogP contribution in [0.25, 0.3) is 0 Å². The molecule has 0 amide bonds. The highest BCUT2D eigenvalue weighted by atomic mass is 79.9. The van der Waals surface area contributed by atoms with Crippen LogP contribution in [0.4, 0.5) is 24.7 Å². The molecule has 7 heteroatoms. The summed E-state index contributed by atoms with van der Waals surface area (Å²) >= 11 is 3.24. The van der Waals surface area contributed by atoms with E-state index in [0.29, 0.717) is 16.5 Å². The minimum Gasteiger partial charge on any atom is -0.338 e. The molecule has 1 aromatic carbocycles. The monoisotopic (exact) mass is 359 g/mol. The van der Waals surface area contributed by atoms with Crippen LogP contribution in [0.1, 0.15) is 26.6 Å². The lowest BCUT2D eigenvalue weighted by Gasteiger charge is -2.18. The summed E-state index contributed by atoms with van der Waals surface area (Å²) in [5.74, 6) is -2.46. The van der Waals surface area contributed by atoms with E-state index >= 15 is 0 Å². The summed E-state index contributed by atoms with van der Waals surface area (Å²) < 4.78 is 40.2. The average Bonchev–Trinajstić information content (AvgIpc) is 2.34. The SMILES string of the molecule is CC(C)(C)c1nc(Br)cc(Nc2cc(F)c(F)cc2F)n1. The van der Waals surface area contributed by atoms with Crippen molar-refractivity contribution in [1.82, 2.24) is 9.97 Å². The van der Waals surface area contributed by atoms with Crippen molar-refractivity contribution in [1.29, 1.82) is 0 Å². The van der Waals surface area contributed by atoms with Crippen LogP contribution in [-0.4, -0.2) is 9.97 Å². The predicted octanol–water partition coefficient (Wildman–Crippen LogP) is 4.70. The first-order valence-electron chi connectivity index (χ1n) is 6.13. The fourth-order valence-electron chi connectivity index (χ4n) is 1.57. The number of hydrogen-bond donors (Lipinski definition) is 1. The van der Waals surface area contributed by atoms with Crippen molar-refractivity contribution in [3.05, 3.63) is 46.1 Å². The van der Waals surface area contributed by atoms with E-state index in [1.54, 1.807) is 0 Å². The molecule has 0 radical (unpaired) electrons. The van der Waals surface area contributed by atoms with E-state index in [0.717, 1.165) is 6.07 Å². The molecule has 0 aliphatic carbocycles. The lowest BCUT2D eigenvalue weighted by atomic mass is 9.96. The second-order valence-corrected chi connectivity index (χ2v) is 6.33. The number of hydrogen-bond acceptors (Lipinski definition) is 3. The molecule has 1 N–H and O–H groups in total. The van der Waals surface area contributed by atoms with Gasteiger partial charge in [-0.25, -0.2) is 23.1 Å². The molecule has 0 aliphatic rings. The number of rotatable bonds is 2. The molecule has 0 aliphatic heterocycles. The molecule has 0 saturated heterocycles. The largest absolute Gasteiger partial charge is 0.338 e. The van der Waals surface area contributed by atoms with Gasteiger partial charge in [0.15, 0.2) is 11.6 Å². The highest BCUT2D eigenvalue weighted by Gasteiger charge is 2.19. The number of nitrogens with one attached hydrogen (secondary N) is 1. The van der Waals surface area contributed by atoms with E-state index in [1.807, 2.05) is 20.8 Å². The van der Waals surface area contributed by atoms with Crippen LogP contribution in [0.3, 0.4) is 0 Å². The van der Waals surface area contributed by atoms with Gasteiger partial charge in [-0.3, -0.25) is 0 Å². The van der Waals surface area contributed by atoms with Gasteiger partial charge in [-0.1, -0.05) is 20.8 Å². The first kappa shape index (κ1) is 15.8. The maximum Gasteiger partial charge on any atom is 0.161 e. The summed E-state index contributed by atoms with van der Waals surface area (Å²) in [7, 11) is 0. The van der Waals surface area contributed by atoms with Gasteiger partial charge in [-0.15, -0.1) is 0 Å². The Kier molecular flexibility index (Phi) is 4.22. The summed E-state index contributed by atoms with van der Waals surface area (Å²) in [6, 6.07) is 2.76. The second kappa shape index (κ2) is 5.63. The second-order valence-electron chi connectivity index (χ2n) is 5.52. The average molecular weight is 360 g/mol. The molecule has 112 valence electrons. The zero-order valence-corrected chi connectivity index (χ0v) is 13.2. The molecule has 2 rings (SSSR count). The third kappa shape index (κ3) is 3.72. The quantitative estimate of drug-likeness (QED) is 0.623. The number of aromatic nitrogens is 2. The molecule has 3 nitrogen and oxygen atoms in total. The maximum atomic E-state index is 13.6. The molecule has 1 aromatic heterocycles. The summed E-state index contributed by atoms with van der Waals surface area (Å²) in [6.07, 6.45) is 0. The fraction of sp³-hybridized carbons (Fsp3) is 0.286. The van der Waals surface area contributed by atoms with Crippen molar-refractivity contribution < 1.29 is 13.2 Å². The highest BCUT2D eigenvalue weighted by Crippen LogP contribution is 2.26. The predicted molar refractivity (Wildman–Crippen MR) is 78.0 cm³/mol. The van der Waals surface area contributed by atoms with Gasteiger partial charge >= 0.3 is 0 Å². The van der Waals surface area contributed by atoms with Gasteiger partial charge in [-0.2, -0.15) is 0 Å². The van der Waals surface area contributed by atoms with E-state index < -0.39 is 17.5 Å². The molecule has 2 aromatic rings. The van der Waals surface area contributed by atoms with E-state index in [4.69, 9.17) is 0 Å². The summed E-state index contributed by atoms with van der Waals surface area (Å²) in [5.41, 5.74) is -0.508. The normalized spacial score (nSPS) is 11.6. The zero-order chi connectivity index (χ0) is 15.8. The number of benzene rings is 1. The van der Waals surface area contributed by atoms with Crippen molar-refractivity contribution in [2.24, 2.45) is 0 Å². The zero-order valence-electron chi connectivity index (χ0n) is 11.6. The topological polar surface area (TPSA) is 37.8 Å². The summed E-state index contributed by atoms with van der Waals surface area (Å²) in [5, 5.41) is 2.63. The molecule has 0 bridgehead atoms. The molecular formula is C14H13BrF3N3. The van der Waals surface area contributed by atoms with Crippen molar-refractivity contribution in [2.45, 2.75) is 26.2 Å². The van der Waals surface area contributed by atoms with Crippen LogP contribution in [0.5, 0.6) is 0 Å². The van der Waals surface area contributed by atoms with Crippen molar-refractivity contribution >= 4 is 27.4 Å². The number of anilines is 2. The van der Waals surface area contributed by atoms with E-state index in [9.17, 15) is 13.2 Å². The Morgan fingerprint density at radius 2 is 1.57 bits per heavy atom. The molecule has 0 fully saturated rings. The molecular weight excluding hydrogens is 347 g/mol. The van der Waals surface area contributed by atoms with Crippen LogP contribution in [0, 0.1) is 17.5 Å². The Bertz CT molecular complexity index is 684. The molecule has 1 heterocycles. The van der Waals surface area contributed by atoms with E-state index in [1.165, 1.54) is 6.07 Å². The van der Waals surface area contributed by atoms with Gasteiger partial charge in [0.2, 0.25) is 0 Å². The molecule has 0 atom stereocenters. The van der Waals surface area contributed by atoms with Crippen molar-refractivity contribution in [3.8, 4) is 0 Å². The Morgan fingerprint density at radius 1 is 0.952 bits per heavy atom. The first-order chi connectivity index (χ1) is 9.66. The van der Waals surface area contributed by atoms with Crippen LogP contribution >= 0.6 is 15.9 Å². The molecule has 0 unspecified atom stereocenters. The lowest BCUT2D eigenvalue weighted by molar-refractivity contribution is 0.496. The first-order valence-corrected chi connectivity index (χ1v) is 6.93. The van der Waals surface area contributed by atoms with Gasteiger partial charge in [0.05, 0.1) is 5.69 Å². The fourth-order valence-corrected chi connectivity index (χ4v) is 1.96. The third-order valence-corrected chi connectivity index (χ3v) is 3.04. The van der Waals surface area contributed by atoms with Gasteiger partial charge in [0.1, 0.15) is 22.1 Å². The summed E-state index contributed by atoms with van der Waals surface area (Å²) in [6.45, 7) is 5.78. The van der Waals surface area contributed by atoms with Crippen molar-refractivity contribution in [2.75, 3.05) is 5.32 Å². The van der Waals surface area contributed by atoms with Crippen LogP contribution in [-0.2, 0) is 5.41 Å². The minimum absolute atomic E-state index is 0.195. The third-order valence-electron chi connectivity index (χ3n) is 2.64. The van der Waals surface area contributed by atoms with Gasteiger partial charge in [0.25, 0.3) is 0 Å². The highest BCUT2D eigenvalue weighted by molar-refractivity contribution is 9.10. The van der Waals surface area contributed by atoms with E-state index in [2.05, 4.69) is 31.2 Å². The minimum atomic E-state index is -1.24. The van der Waals surface area contributed by atoms with Crippen LogP contribution in [0.2, 0.25) is 0 Å². The van der Waals surface area contributed by atoms with Crippen LogP contribution in [0.15, 0.2) is 22.8 Å². The molecule has 0 spiro atoms. The van der Waals surface area contributed by atoms with Gasteiger partial charge in [0, 0.05) is 23.6 Å². The smallest absolute Gasteiger partial charge is 0.161 e. The standard InChI is InChI=1S/C14H13BrF3N3/c1-14(2,3)13-20-11(15)6-12(21-13)19-10-5-8(17)7(16)4-9(10)18/h4-6H,1-3H3,(H,19,20,21). The molecule has 21 heavy (non-hydrogen) atoms. The Labute approximate surface area is 128 Å². The number of nitrogens with zero attached hydrogens (tertiary/aromatic N) is 2. The molecule has 0 saturated carbocycles. The maximum absolute atomic E-state index is 13.6. The Hall–Kier alpha value is -1.63. The lowest BCUT2D eigenvalue weighted by Crippen LogP contribution is -2.17. The van der Waals surface area contributed by atoms with Crippen LogP contribution < -0.4 is 5.32 Å². The van der Waals surface area contributed by atoms with Gasteiger partial charge < -0.3 is 5.32 Å². The summed E-state index contributed by atoms with van der Waals surface area (Å²) in [4.78, 5) is 8.50.